The van der Waals surface area contributed by atoms with Crippen LogP contribution < -0.4 is 0 Å². The number of carbonyl (C=O) groups is 1. The van der Waals surface area contributed by atoms with Crippen molar-refractivity contribution in [3.63, 3.8) is 0 Å². The third kappa shape index (κ3) is 5.06. The van der Waals surface area contributed by atoms with Crippen LogP contribution in [-0.4, -0.2) is 25.8 Å². The lowest BCUT2D eigenvalue weighted by atomic mass is 10.2. The maximum atomic E-state index is 10.7. The first-order valence-corrected chi connectivity index (χ1v) is 5.41. The molecular formula is C11H13BrO3. The lowest BCUT2D eigenvalue weighted by molar-refractivity contribution is 0.0692. The largest absolute Gasteiger partial charge is 0.353 e. The van der Waals surface area contributed by atoms with Gasteiger partial charge >= 0.3 is 0 Å². The van der Waals surface area contributed by atoms with E-state index in [-0.39, 0.29) is 5.78 Å². The average molecular weight is 273 g/mol. The third-order valence-electron chi connectivity index (χ3n) is 1.79. The first kappa shape index (κ1) is 12.4. The van der Waals surface area contributed by atoms with E-state index in [0.29, 0.717) is 6.79 Å². The zero-order valence-electron chi connectivity index (χ0n) is 8.53. The highest BCUT2D eigenvalue weighted by atomic mass is 79.9. The van der Waals surface area contributed by atoms with Gasteiger partial charge in [-0.1, -0.05) is 28.1 Å². The van der Waals surface area contributed by atoms with E-state index in [4.69, 9.17) is 9.47 Å². The number of rotatable bonds is 1. The minimum Gasteiger partial charge on any atom is -0.353 e. The Balaban J connectivity index is 0.000000187. The van der Waals surface area contributed by atoms with E-state index in [1.54, 1.807) is 19.1 Å². The van der Waals surface area contributed by atoms with Gasteiger partial charge in [0, 0.05) is 10.0 Å². The SMILES string of the molecule is C1COCO1.CC(=O)c1ccc(Br)cc1. The standard InChI is InChI=1S/C8H7BrO.C3H6O2/c1-6(10)7-2-4-8(9)5-3-7;1-2-5-3-4-1/h2-5H,1H3;1-3H2. The van der Waals surface area contributed by atoms with Crippen LogP contribution in [0.1, 0.15) is 17.3 Å². The lowest BCUT2D eigenvalue weighted by Crippen LogP contribution is -1.89. The molecule has 0 bridgehead atoms. The molecule has 4 heteroatoms. The van der Waals surface area contributed by atoms with Crippen molar-refractivity contribution in [2.24, 2.45) is 0 Å². The summed E-state index contributed by atoms with van der Waals surface area (Å²) in [4.78, 5) is 10.7. The van der Waals surface area contributed by atoms with E-state index in [0.717, 1.165) is 23.2 Å². The van der Waals surface area contributed by atoms with Gasteiger partial charge in [0.05, 0.1) is 13.2 Å². The second kappa shape index (κ2) is 6.71. The van der Waals surface area contributed by atoms with E-state index in [1.807, 2.05) is 12.1 Å². The lowest BCUT2D eigenvalue weighted by Gasteiger charge is -1.92. The fourth-order valence-corrected chi connectivity index (χ4v) is 1.24. The van der Waals surface area contributed by atoms with Crippen molar-refractivity contribution in [1.82, 2.24) is 0 Å². The Kier molecular flexibility index (Phi) is 5.53. The summed E-state index contributed by atoms with van der Waals surface area (Å²) in [5, 5.41) is 0. The molecule has 1 saturated heterocycles. The summed E-state index contributed by atoms with van der Waals surface area (Å²) in [5.74, 6) is 0.104. The second-order valence-electron chi connectivity index (χ2n) is 3.00. The summed E-state index contributed by atoms with van der Waals surface area (Å²) in [6.07, 6.45) is 0. The zero-order chi connectivity index (χ0) is 11.1. The molecule has 3 nitrogen and oxygen atoms in total. The number of benzene rings is 1. The van der Waals surface area contributed by atoms with Crippen LogP contribution >= 0.6 is 15.9 Å². The molecule has 0 aliphatic carbocycles. The van der Waals surface area contributed by atoms with Crippen molar-refractivity contribution in [2.45, 2.75) is 6.92 Å². The topological polar surface area (TPSA) is 35.5 Å². The van der Waals surface area contributed by atoms with Crippen LogP contribution in [-0.2, 0) is 9.47 Å². The van der Waals surface area contributed by atoms with Gasteiger partial charge in [0.1, 0.15) is 6.79 Å². The highest BCUT2D eigenvalue weighted by Gasteiger charge is 1.95. The number of Topliss-reactive ketones (excluding diaryl/α,β-unsaturated/α-hetero) is 1. The molecule has 1 aliphatic heterocycles. The Morgan fingerprint density at radius 1 is 1.20 bits per heavy atom. The molecular weight excluding hydrogens is 260 g/mol. The Labute approximate surface area is 97.5 Å². The number of hydrogen-bond donors (Lipinski definition) is 0. The maximum absolute atomic E-state index is 10.7. The first-order valence-electron chi connectivity index (χ1n) is 4.62. The van der Waals surface area contributed by atoms with Crippen molar-refractivity contribution >= 4 is 21.7 Å². The van der Waals surface area contributed by atoms with Gasteiger partial charge in [-0.3, -0.25) is 4.79 Å². The maximum Gasteiger partial charge on any atom is 0.159 e. The number of ketones is 1. The number of ether oxygens (including phenoxy) is 2. The molecule has 0 unspecified atom stereocenters. The third-order valence-corrected chi connectivity index (χ3v) is 2.32. The molecule has 0 saturated carbocycles. The fourth-order valence-electron chi connectivity index (χ4n) is 0.979. The molecule has 0 atom stereocenters. The molecule has 1 fully saturated rings. The quantitative estimate of drug-likeness (QED) is 0.738. The van der Waals surface area contributed by atoms with E-state index >= 15 is 0 Å². The van der Waals surface area contributed by atoms with Gasteiger partial charge in [0.15, 0.2) is 5.78 Å². The molecule has 0 radical (unpaired) electrons. The van der Waals surface area contributed by atoms with Crippen LogP contribution in [0.4, 0.5) is 0 Å². The Hall–Kier alpha value is -0.710. The summed E-state index contributed by atoms with van der Waals surface area (Å²) < 4.78 is 10.4. The van der Waals surface area contributed by atoms with Gasteiger partial charge in [0.2, 0.25) is 0 Å². The second-order valence-corrected chi connectivity index (χ2v) is 3.91. The molecule has 15 heavy (non-hydrogen) atoms. The normalized spacial score (nSPS) is 14.3. The van der Waals surface area contributed by atoms with Crippen LogP contribution in [0.15, 0.2) is 28.7 Å². The van der Waals surface area contributed by atoms with E-state index < -0.39 is 0 Å². The number of carbonyl (C=O) groups excluding carboxylic acids is 1. The predicted molar refractivity (Wildman–Crippen MR) is 60.9 cm³/mol. The Morgan fingerprint density at radius 3 is 2.07 bits per heavy atom. The highest BCUT2D eigenvalue weighted by molar-refractivity contribution is 9.10. The van der Waals surface area contributed by atoms with Gasteiger partial charge in [-0.2, -0.15) is 0 Å². The Morgan fingerprint density at radius 2 is 1.73 bits per heavy atom. The van der Waals surface area contributed by atoms with Crippen LogP contribution in [0.5, 0.6) is 0 Å². The van der Waals surface area contributed by atoms with Crippen molar-refractivity contribution in [3.8, 4) is 0 Å². The van der Waals surface area contributed by atoms with Crippen LogP contribution in [0, 0.1) is 0 Å². The van der Waals surface area contributed by atoms with Gasteiger partial charge in [-0.15, -0.1) is 0 Å². The predicted octanol–water partition coefficient (Wildman–Crippen LogP) is 2.64. The molecule has 0 amide bonds. The average Bonchev–Trinajstić information content (AvgIpc) is 2.76. The van der Waals surface area contributed by atoms with Crippen LogP contribution in [0.2, 0.25) is 0 Å². The molecule has 1 aromatic rings. The summed E-state index contributed by atoms with van der Waals surface area (Å²) in [6, 6.07) is 7.31. The minimum absolute atomic E-state index is 0.104. The summed E-state index contributed by atoms with van der Waals surface area (Å²) in [7, 11) is 0. The van der Waals surface area contributed by atoms with Crippen molar-refractivity contribution < 1.29 is 14.3 Å². The van der Waals surface area contributed by atoms with E-state index in [2.05, 4.69) is 15.9 Å². The van der Waals surface area contributed by atoms with Crippen molar-refractivity contribution in [1.29, 1.82) is 0 Å². The summed E-state index contributed by atoms with van der Waals surface area (Å²) >= 11 is 3.28. The van der Waals surface area contributed by atoms with Crippen LogP contribution in [0.3, 0.4) is 0 Å². The van der Waals surface area contributed by atoms with Gasteiger partial charge in [0.25, 0.3) is 0 Å². The monoisotopic (exact) mass is 272 g/mol. The van der Waals surface area contributed by atoms with Crippen molar-refractivity contribution in [3.05, 3.63) is 34.3 Å². The minimum atomic E-state index is 0.104. The summed E-state index contributed by atoms with van der Waals surface area (Å²) in [5.41, 5.74) is 0.753. The first-order chi connectivity index (χ1) is 7.20. The molecule has 1 aromatic carbocycles. The van der Waals surface area contributed by atoms with E-state index in [9.17, 15) is 4.79 Å². The molecule has 82 valence electrons. The van der Waals surface area contributed by atoms with Gasteiger partial charge in [-0.05, 0) is 19.1 Å². The Bertz CT molecular complexity index is 297. The summed E-state index contributed by atoms with van der Waals surface area (Å²) in [6.45, 7) is 3.61. The number of hydrogen-bond acceptors (Lipinski definition) is 3. The molecule has 1 heterocycles. The van der Waals surface area contributed by atoms with E-state index in [1.165, 1.54) is 0 Å². The molecule has 0 spiro atoms. The number of halogens is 1. The molecule has 0 N–H and O–H groups in total. The van der Waals surface area contributed by atoms with Gasteiger partial charge in [-0.25, -0.2) is 0 Å². The zero-order valence-corrected chi connectivity index (χ0v) is 10.1. The fraction of sp³-hybridized carbons (Fsp3) is 0.364. The molecule has 1 aliphatic rings. The smallest absolute Gasteiger partial charge is 0.159 e. The van der Waals surface area contributed by atoms with Gasteiger partial charge < -0.3 is 9.47 Å². The molecule has 0 aromatic heterocycles. The van der Waals surface area contributed by atoms with Crippen LogP contribution in [0.25, 0.3) is 0 Å². The molecule has 2 rings (SSSR count). The highest BCUT2D eigenvalue weighted by Crippen LogP contribution is 2.10. The van der Waals surface area contributed by atoms with Crippen molar-refractivity contribution in [2.75, 3.05) is 20.0 Å².